The number of benzene rings is 4. The highest BCUT2D eigenvalue weighted by molar-refractivity contribution is 6.28. The first-order valence-electron chi connectivity index (χ1n) is 12.4. The molecule has 0 spiro atoms. The number of para-hydroxylation sites is 1. The molecule has 0 aliphatic rings. The summed E-state index contributed by atoms with van der Waals surface area (Å²) in [7, 11) is 0. The number of aromatic nitrogens is 4. The number of halogens is 1. The highest BCUT2D eigenvalue weighted by atomic mass is 35.5. The van der Waals surface area contributed by atoms with Crippen molar-refractivity contribution in [2.45, 2.75) is 0 Å². The summed E-state index contributed by atoms with van der Waals surface area (Å²) in [5.74, 6) is 0.728. The Hall–Kier alpha value is -4.02. The summed E-state index contributed by atoms with van der Waals surface area (Å²) < 4.78 is 43.3. The van der Waals surface area contributed by atoms with Crippen molar-refractivity contribution in [3.05, 3.63) is 108 Å². The van der Waals surface area contributed by atoms with Gasteiger partial charge in [0.2, 0.25) is 11.2 Å². The zero-order chi connectivity index (χ0) is 25.8. The van der Waals surface area contributed by atoms with Crippen LogP contribution in [0.4, 0.5) is 0 Å². The van der Waals surface area contributed by atoms with Crippen LogP contribution in [0.5, 0.6) is 0 Å². The van der Waals surface area contributed by atoms with Gasteiger partial charge in [0, 0.05) is 16.3 Å². The van der Waals surface area contributed by atoms with Crippen molar-refractivity contribution in [3.63, 3.8) is 0 Å². The average molecular weight is 438 g/mol. The van der Waals surface area contributed by atoms with Crippen LogP contribution in [0.3, 0.4) is 0 Å². The van der Waals surface area contributed by atoms with Gasteiger partial charge in [-0.2, -0.15) is 15.0 Å². The third-order valence-corrected chi connectivity index (χ3v) is 5.46. The Bertz CT molecular complexity index is 1820. The lowest BCUT2D eigenvalue weighted by molar-refractivity contribution is 0.947. The minimum Gasteiger partial charge on any atom is -0.278 e. The number of rotatable bonds is 3. The third kappa shape index (κ3) is 3.04. The number of hydrogen-bond acceptors (Lipinski definition) is 3. The molecule has 2 heterocycles. The van der Waals surface area contributed by atoms with Crippen molar-refractivity contribution in [1.29, 1.82) is 0 Å². The van der Waals surface area contributed by atoms with E-state index in [2.05, 4.69) is 9.97 Å². The van der Waals surface area contributed by atoms with Gasteiger partial charge >= 0.3 is 0 Å². The molecule has 0 amide bonds. The molecule has 0 saturated carbocycles. The molecule has 0 N–H and O–H groups in total. The molecule has 32 heavy (non-hydrogen) atoms. The summed E-state index contributed by atoms with van der Waals surface area (Å²) in [5, 5.41) is 1.57. The summed E-state index contributed by atoms with van der Waals surface area (Å²) >= 11 is 6.35. The van der Waals surface area contributed by atoms with Crippen LogP contribution in [0.2, 0.25) is 5.28 Å². The number of hydrogen-bond donors (Lipinski definition) is 0. The molecular weight excluding hydrogens is 416 g/mol. The molecule has 4 nitrogen and oxygen atoms in total. The second-order valence-corrected chi connectivity index (χ2v) is 7.48. The fourth-order valence-corrected chi connectivity index (χ4v) is 4.14. The molecule has 0 bridgehead atoms. The summed E-state index contributed by atoms with van der Waals surface area (Å²) in [6.45, 7) is 0. The number of fused-ring (bicyclic) bond motifs is 3. The van der Waals surface area contributed by atoms with E-state index in [-0.39, 0.29) is 35.0 Å². The Morgan fingerprint density at radius 3 is 2.28 bits per heavy atom. The molecule has 5 heteroatoms. The van der Waals surface area contributed by atoms with Crippen LogP contribution in [-0.2, 0) is 0 Å². The van der Waals surface area contributed by atoms with Crippen LogP contribution in [-0.4, -0.2) is 19.5 Å². The van der Waals surface area contributed by atoms with Crippen molar-refractivity contribution in [1.82, 2.24) is 19.5 Å². The Balaban J connectivity index is 1.71. The predicted molar refractivity (Wildman–Crippen MR) is 130 cm³/mol. The fourth-order valence-electron chi connectivity index (χ4n) is 3.98. The Labute approximate surface area is 196 Å². The smallest absolute Gasteiger partial charge is 0.239 e. The molecule has 6 aromatic rings. The monoisotopic (exact) mass is 437 g/mol. The van der Waals surface area contributed by atoms with Crippen molar-refractivity contribution in [2.75, 3.05) is 0 Å². The van der Waals surface area contributed by atoms with Gasteiger partial charge in [-0.15, -0.1) is 0 Å². The largest absolute Gasteiger partial charge is 0.278 e. The van der Waals surface area contributed by atoms with Crippen LogP contribution >= 0.6 is 11.6 Å². The minimum atomic E-state index is -0.429. The molecule has 0 saturated heterocycles. The normalized spacial score (nSPS) is 13.5. The van der Waals surface area contributed by atoms with Crippen molar-refractivity contribution in [2.24, 2.45) is 0 Å². The zero-order valence-electron chi connectivity index (χ0n) is 21.6. The molecule has 6 rings (SSSR count). The van der Waals surface area contributed by atoms with E-state index in [0.29, 0.717) is 22.9 Å². The molecule has 152 valence electrons. The molecule has 2 aromatic heterocycles. The van der Waals surface area contributed by atoms with E-state index in [9.17, 15) is 0 Å². The Morgan fingerprint density at radius 2 is 1.44 bits per heavy atom. The van der Waals surface area contributed by atoms with Crippen LogP contribution < -0.4 is 0 Å². The van der Waals surface area contributed by atoms with E-state index in [0.717, 1.165) is 21.9 Å². The molecule has 0 unspecified atom stereocenters. The number of nitrogens with zero attached hydrogens (tertiary/aromatic N) is 4. The van der Waals surface area contributed by atoms with E-state index < -0.39 is 6.04 Å². The van der Waals surface area contributed by atoms with Gasteiger partial charge in [0.15, 0.2) is 5.82 Å². The maximum absolute atomic E-state index is 8.55. The zero-order valence-corrected chi connectivity index (χ0v) is 17.4. The minimum absolute atomic E-state index is 0.0385. The molecule has 0 aliphatic heterocycles. The maximum Gasteiger partial charge on any atom is 0.239 e. The lowest BCUT2D eigenvalue weighted by Gasteiger charge is -2.09. The Kier molecular flexibility index (Phi) is 3.35. The van der Waals surface area contributed by atoms with E-state index >= 15 is 0 Å². The first kappa shape index (κ1) is 14.1. The summed E-state index contributed by atoms with van der Waals surface area (Å²) in [6.07, 6.45) is 0. The lowest BCUT2D eigenvalue weighted by atomic mass is 9.99. The molecule has 4 aromatic carbocycles. The molecule has 0 radical (unpaired) electrons. The molecular formula is C27H17ClN4. The maximum atomic E-state index is 8.55. The topological polar surface area (TPSA) is 43.6 Å². The van der Waals surface area contributed by atoms with E-state index in [1.807, 2.05) is 65.2 Å². The summed E-state index contributed by atoms with van der Waals surface area (Å²) in [6, 6.07) is 20.8. The van der Waals surface area contributed by atoms with E-state index in [1.54, 1.807) is 12.1 Å². The molecule has 0 fully saturated rings. The van der Waals surface area contributed by atoms with Gasteiger partial charge in [0.1, 0.15) is 0 Å². The first-order chi connectivity index (χ1) is 17.9. The van der Waals surface area contributed by atoms with Gasteiger partial charge in [-0.25, -0.2) is 0 Å². The van der Waals surface area contributed by atoms with Gasteiger partial charge < -0.3 is 0 Å². The Morgan fingerprint density at radius 1 is 0.688 bits per heavy atom. The highest BCUT2D eigenvalue weighted by Crippen LogP contribution is 2.38. The van der Waals surface area contributed by atoms with E-state index in [1.165, 1.54) is 0 Å². The van der Waals surface area contributed by atoms with Gasteiger partial charge in [0.25, 0.3) is 0 Å². The first-order valence-corrected chi connectivity index (χ1v) is 10.3. The third-order valence-electron chi connectivity index (χ3n) is 5.30. The van der Waals surface area contributed by atoms with Crippen LogP contribution in [0.1, 0.15) is 6.85 Å². The molecule has 0 atom stereocenters. The quantitative estimate of drug-likeness (QED) is 0.300. The van der Waals surface area contributed by atoms with Crippen molar-refractivity contribution in [3.8, 4) is 28.5 Å². The second kappa shape index (κ2) is 7.59. The van der Waals surface area contributed by atoms with Crippen LogP contribution in [0.15, 0.2) is 103 Å². The standard InChI is InChI=1S/C27H17ClN4/c28-26-29-25(19-12-5-2-6-13-19)30-27(31-26)32-22-16-8-7-14-21(22)24-20(15-9-17-23(24)32)18-10-3-1-4-11-18/h1-17H/i1D,3D,4D,10D,11D. The van der Waals surface area contributed by atoms with Gasteiger partial charge in [-0.3, -0.25) is 4.57 Å². The van der Waals surface area contributed by atoms with Crippen molar-refractivity contribution >= 4 is 33.4 Å². The summed E-state index contributed by atoms with van der Waals surface area (Å²) in [4.78, 5) is 13.5. The lowest BCUT2D eigenvalue weighted by Crippen LogP contribution is -2.04. The van der Waals surface area contributed by atoms with Crippen LogP contribution in [0, 0.1) is 0 Å². The average Bonchev–Trinajstić information content (AvgIpc) is 3.26. The fraction of sp³-hybridized carbons (Fsp3) is 0. The SMILES string of the molecule is [2H]c1c([2H])c([2H])c(-c2cccc3c2c2ccccc2n3-c2nc(Cl)nc(-c3ccccc3)n2)c([2H])c1[2H]. The summed E-state index contributed by atoms with van der Waals surface area (Å²) in [5.41, 5.74) is 2.92. The van der Waals surface area contributed by atoms with E-state index in [4.69, 9.17) is 23.4 Å². The van der Waals surface area contributed by atoms with Gasteiger partial charge in [-0.1, -0.05) is 90.9 Å². The van der Waals surface area contributed by atoms with Gasteiger partial charge in [0.05, 0.1) is 17.9 Å². The highest BCUT2D eigenvalue weighted by Gasteiger charge is 2.18. The predicted octanol–water partition coefficient (Wildman–Crippen LogP) is 6.96. The van der Waals surface area contributed by atoms with Crippen molar-refractivity contribution < 1.29 is 6.85 Å². The molecule has 0 aliphatic carbocycles. The van der Waals surface area contributed by atoms with Gasteiger partial charge in [-0.05, 0) is 34.9 Å². The second-order valence-electron chi connectivity index (χ2n) is 7.15. The van der Waals surface area contributed by atoms with Crippen LogP contribution in [0.25, 0.3) is 50.3 Å².